The van der Waals surface area contributed by atoms with Crippen molar-refractivity contribution in [2.75, 3.05) is 11.5 Å². The van der Waals surface area contributed by atoms with Gasteiger partial charge in [0.25, 0.3) is 0 Å². The highest BCUT2D eigenvalue weighted by atomic mass is 32.2. The van der Waals surface area contributed by atoms with Gasteiger partial charge in [-0.1, -0.05) is 6.92 Å². The van der Waals surface area contributed by atoms with Gasteiger partial charge in [0.2, 0.25) is 0 Å². The molecule has 0 amide bonds. The molecule has 0 spiro atoms. The SMILES string of the molecule is CCC1CS(=O)CC(C(=O)O)N1. The van der Waals surface area contributed by atoms with Crippen molar-refractivity contribution in [2.24, 2.45) is 0 Å². The van der Waals surface area contributed by atoms with Gasteiger partial charge >= 0.3 is 5.97 Å². The third-order valence-corrected chi connectivity index (χ3v) is 3.45. The van der Waals surface area contributed by atoms with Crippen LogP contribution in [-0.2, 0) is 15.6 Å². The first-order valence-corrected chi connectivity index (χ1v) is 5.46. The zero-order valence-corrected chi connectivity index (χ0v) is 7.76. The lowest BCUT2D eigenvalue weighted by molar-refractivity contribution is -0.139. The maximum Gasteiger partial charge on any atom is 0.321 e. The predicted octanol–water partition coefficient (Wildman–Crippen LogP) is -0.430. The van der Waals surface area contributed by atoms with Crippen LogP contribution in [0.4, 0.5) is 0 Å². The number of carboxylic acids is 1. The number of carbonyl (C=O) groups is 1. The molecule has 1 aliphatic rings. The van der Waals surface area contributed by atoms with Crippen molar-refractivity contribution in [1.82, 2.24) is 5.32 Å². The van der Waals surface area contributed by atoms with Crippen molar-refractivity contribution < 1.29 is 14.1 Å². The van der Waals surface area contributed by atoms with Crippen LogP contribution in [0.2, 0.25) is 0 Å². The second-order valence-corrected chi connectivity index (χ2v) is 4.48. The number of nitrogens with one attached hydrogen (secondary N) is 1. The number of aliphatic carboxylic acids is 1. The molecule has 4 nitrogen and oxygen atoms in total. The van der Waals surface area contributed by atoms with Gasteiger partial charge in [-0.3, -0.25) is 14.3 Å². The van der Waals surface area contributed by atoms with Crippen molar-refractivity contribution in [2.45, 2.75) is 25.4 Å². The van der Waals surface area contributed by atoms with Crippen LogP contribution in [0.3, 0.4) is 0 Å². The molecule has 0 radical (unpaired) electrons. The van der Waals surface area contributed by atoms with Crippen LogP contribution in [0.1, 0.15) is 13.3 Å². The van der Waals surface area contributed by atoms with Gasteiger partial charge in [-0.05, 0) is 6.42 Å². The fraction of sp³-hybridized carbons (Fsp3) is 0.857. The van der Waals surface area contributed by atoms with Crippen LogP contribution in [0.5, 0.6) is 0 Å². The van der Waals surface area contributed by atoms with Crippen molar-refractivity contribution in [3.05, 3.63) is 0 Å². The normalized spacial score (nSPS) is 36.2. The average molecular weight is 191 g/mol. The molecule has 0 aliphatic carbocycles. The third-order valence-electron chi connectivity index (χ3n) is 1.97. The monoisotopic (exact) mass is 191 g/mol. The summed E-state index contributed by atoms with van der Waals surface area (Å²) in [5.41, 5.74) is 0. The Morgan fingerprint density at radius 3 is 2.83 bits per heavy atom. The van der Waals surface area contributed by atoms with Gasteiger partial charge in [0, 0.05) is 28.3 Å². The molecule has 1 aliphatic heterocycles. The van der Waals surface area contributed by atoms with Crippen LogP contribution in [0.15, 0.2) is 0 Å². The van der Waals surface area contributed by atoms with Crippen molar-refractivity contribution in [3.63, 3.8) is 0 Å². The second-order valence-electron chi connectivity index (χ2n) is 2.94. The smallest absolute Gasteiger partial charge is 0.321 e. The first-order valence-electron chi connectivity index (χ1n) is 3.97. The van der Waals surface area contributed by atoms with E-state index in [-0.39, 0.29) is 11.8 Å². The summed E-state index contributed by atoms with van der Waals surface area (Å²) in [6.07, 6.45) is 0.829. The molecule has 1 fully saturated rings. The molecule has 0 aromatic rings. The summed E-state index contributed by atoms with van der Waals surface area (Å²) in [7, 11) is -0.964. The van der Waals surface area contributed by atoms with E-state index in [2.05, 4.69) is 5.32 Å². The standard InChI is InChI=1S/C7H13NO3S/c1-2-5-3-12(11)4-6(8-5)7(9)10/h5-6,8H,2-4H2,1H3,(H,9,10). The van der Waals surface area contributed by atoms with Gasteiger partial charge in [-0.2, -0.15) is 0 Å². The second kappa shape index (κ2) is 4.00. The largest absolute Gasteiger partial charge is 0.480 e. The lowest BCUT2D eigenvalue weighted by Crippen LogP contribution is -2.53. The lowest BCUT2D eigenvalue weighted by atomic mass is 10.2. The molecular formula is C7H13NO3S. The highest BCUT2D eigenvalue weighted by Gasteiger charge is 2.28. The van der Waals surface area contributed by atoms with Gasteiger partial charge in [0.1, 0.15) is 6.04 Å². The summed E-state index contributed by atoms with van der Waals surface area (Å²) in [6, 6.07) is -0.523. The summed E-state index contributed by atoms with van der Waals surface area (Å²) >= 11 is 0. The van der Waals surface area contributed by atoms with E-state index in [1.54, 1.807) is 0 Å². The molecule has 1 rings (SSSR count). The molecule has 3 atom stereocenters. The van der Waals surface area contributed by atoms with E-state index in [1.807, 2.05) is 6.92 Å². The molecular weight excluding hydrogens is 178 g/mol. The fourth-order valence-corrected chi connectivity index (χ4v) is 2.76. The Balaban J connectivity index is 2.56. The first kappa shape index (κ1) is 9.67. The van der Waals surface area contributed by atoms with Crippen molar-refractivity contribution in [3.8, 4) is 0 Å². The maximum absolute atomic E-state index is 11.2. The fourth-order valence-electron chi connectivity index (χ4n) is 1.24. The molecule has 70 valence electrons. The van der Waals surface area contributed by atoms with E-state index in [1.165, 1.54) is 0 Å². The zero-order chi connectivity index (χ0) is 9.14. The summed E-state index contributed by atoms with van der Waals surface area (Å²) in [5.74, 6) is -0.0759. The summed E-state index contributed by atoms with van der Waals surface area (Å²) in [5, 5.41) is 11.6. The minimum absolute atomic E-state index is 0.0979. The van der Waals surface area contributed by atoms with Crippen LogP contribution < -0.4 is 5.32 Å². The van der Waals surface area contributed by atoms with Gasteiger partial charge in [-0.15, -0.1) is 0 Å². The van der Waals surface area contributed by atoms with Crippen molar-refractivity contribution >= 4 is 16.8 Å². The maximum atomic E-state index is 11.2. The van der Waals surface area contributed by atoms with Crippen molar-refractivity contribution in [1.29, 1.82) is 0 Å². The molecule has 1 saturated heterocycles. The van der Waals surface area contributed by atoms with E-state index in [9.17, 15) is 9.00 Å². The average Bonchev–Trinajstić information content (AvgIpc) is 2.03. The minimum Gasteiger partial charge on any atom is -0.480 e. The lowest BCUT2D eigenvalue weighted by Gasteiger charge is -2.26. The molecule has 0 saturated carbocycles. The van der Waals surface area contributed by atoms with Gasteiger partial charge < -0.3 is 5.11 Å². The zero-order valence-electron chi connectivity index (χ0n) is 6.95. The first-order chi connectivity index (χ1) is 5.63. The molecule has 0 aromatic heterocycles. The van der Waals surface area contributed by atoms with E-state index < -0.39 is 22.8 Å². The Kier molecular flexibility index (Phi) is 3.22. The van der Waals surface area contributed by atoms with Crippen LogP contribution in [0, 0.1) is 0 Å². The highest BCUT2D eigenvalue weighted by Crippen LogP contribution is 2.05. The Hall–Kier alpha value is -0.420. The van der Waals surface area contributed by atoms with Crippen LogP contribution in [0.25, 0.3) is 0 Å². The van der Waals surface area contributed by atoms with E-state index >= 15 is 0 Å². The minimum atomic E-state index is -0.964. The van der Waals surface area contributed by atoms with Crippen LogP contribution >= 0.6 is 0 Å². The molecule has 3 unspecified atom stereocenters. The predicted molar refractivity (Wildman–Crippen MR) is 46.5 cm³/mol. The number of rotatable bonds is 2. The third kappa shape index (κ3) is 2.28. The highest BCUT2D eigenvalue weighted by molar-refractivity contribution is 7.85. The molecule has 0 aromatic carbocycles. The summed E-state index contributed by atoms with van der Waals surface area (Å²) in [4.78, 5) is 10.6. The van der Waals surface area contributed by atoms with Gasteiger partial charge in [-0.25, -0.2) is 0 Å². The molecule has 5 heteroatoms. The Morgan fingerprint density at radius 1 is 1.67 bits per heavy atom. The summed E-state index contributed by atoms with van der Waals surface area (Å²) in [6.45, 7) is 1.96. The van der Waals surface area contributed by atoms with E-state index in [0.717, 1.165) is 6.42 Å². The quantitative estimate of drug-likeness (QED) is 0.621. The summed E-state index contributed by atoms with van der Waals surface area (Å²) < 4.78 is 11.2. The number of hydrogen-bond donors (Lipinski definition) is 2. The molecule has 1 heterocycles. The van der Waals surface area contributed by atoms with Gasteiger partial charge in [0.05, 0.1) is 0 Å². The Morgan fingerprint density at radius 2 is 2.33 bits per heavy atom. The number of hydrogen-bond acceptors (Lipinski definition) is 3. The molecule has 2 N–H and O–H groups in total. The van der Waals surface area contributed by atoms with E-state index in [0.29, 0.717) is 5.75 Å². The topological polar surface area (TPSA) is 66.4 Å². The number of carboxylic acid groups (broad SMARTS) is 1. The molecule has 0 bridgehead atoms. The van der Waals surface area contributed by atoms with Gasteiger partial charge in [0.15, 0.2) is 0 Å². The Labute approximate surface area is 73.8 Å². The molecule has 12 heavy (non-hydrogen) atoms. The van der Waals surface area contributed by atoms with Crippen LogP contribution in [-0.4, -0.2) is 38.9 Å². The van der Waals surface area contributed by atoms with E-state index in [4.69, 9.17) is 5.11 Å². The Bertz CT molecular complexity index is 207.